The fourth-order valence-electron chi connectivity index (χ4n) is 3.37. The predicted molar refractivity (Wildman–Crippen MR) is 90.5 cm³/mol. The van der Waals surface area contributed by atoms with E-state index in [1.54, 1.807) is 0 Å². The van der Waals surface area contributed by atoms with E-state index in [9.17, 15) is 0 Å². The van der Waals surface area contributed by atoms with Gasteiger partial charge < -0.3 is 4.90 Å². The van der Waals surface area contributed by atoms with Crippen molar-refractivity contribution < 1.29 is 0 Å². The van der Waals surface area contributed by atoms with Crippen LogP contribution in [0.15, 0.2) is 42.5 Å². The van der Waals surface area contributed by atoms with Gasteiger partial charge in [0, 0.05) is 12.0 Å². The van der Waals surface area contributed by atoms with Gasteiger partial charge in [-0.1, -0.05) is 53.5 Å². The predicted octanol–water partition coefficient (Wildman–Crippen LogP) is 4.81. The second kappa shape index (κ2) is 6.00. The molecule has 0 radical (unpaired) electrons. The first-order valence-electron chi connectivity index (χ1n) is 7.24. The average Bonchev–Trinajstić information content (AvgIpc) is 2.82. The van der Waals surface area contributed by atoms with Crippen LogP contribution in [0.2, 0.25) is 10.0 Å². The van der Waals surface area contributed by atoms with Gasteiger partial charge in [0.05, 0.1) is 10.0 Å². The molecule has 0 amide bonds. The quantitative estimate of drug-likeness (QED) is 0.785. The highest BCUT2D eigenvalue weighted by atomic mass is 35.5. The van der Waals surface area contributed by atoms with Crippen LogP contribution in [0.25, 0.3) is 0 Å². The highest BCUT2D eigenvalue weighted by molar-refractivity contribution is 6.42. The number of hydrogen-bond acceptors (Lipinski definition) is 1. The molecule has 0 spiro atoms. The molecule has 0 saturated heterocycles. The van der Waals surface area contributed by atoms with E-state index in [-0.39, 0.29) is 0 Å². The monoisotopic (exact) mass is 319 g/mol. The van der Waals surface area contributed by atoms with Gasteiger partial charge in [0.25, 0.3) is 0 Å². The molecule has 3 heteroatoms. The molecule has 0 fully saturated rings. The van der Waals surface area contributed by atoms with Gasteiger partial charge >= 0.3 is 0 Å². The van der Waals surface area contributed by atoms with Crippen LogP contribution in [-0.4, -0.2) is 25.0 Å². The van der Waals surface area contributed by atoms with Gasteiger partial charge in [-0.3, -0.25) is 0 Å². The Balaban J connectivity index is 1.92. The molecule has 1 nitrogen and oxygen atoms in total. The Bertz CT molecular complexity index is 651. The van der Waals surface area contributed by atoms with Crippen molar-refractivity contribution in [3.05, 3.63) is 69.2 Å². The van der Waals surface area contributed by atoms with E-state index in [2.05, 4.69) is 49.3 Å². The van der Waals surface area contributed by atoms with Crippen molar-refractivity contribution in [2.45, 2.75) is 24.8 Å². The van der Waals surface area contributed by atoms with Gasteiger partial charge in [0.2, 0.25) is 0 Å². The normalized spacial score (nSPS) is 20.8. The largest absolute Gasteiger partial charge is 0.305 e. The van der Waals surface area contributed by atoms with Crippen LogP contribution in [0.5, 0.6) is 0 Å². The lowest BCUT2D eigenvalue weighted by Crippen LogP contribution is -2.32. The van der Waals surface area contributed by atoms with Crippen molar-refractivity contribution in [1.82, 2.24) is 4.90 Å². The SMILES string of the molecule is CN(C)[C@@H]1Cc2ccccc2[C@H]1Cc1ccc(Cl)c(Cl)c1. The first kappa shape index (κ1) is 14.9. The van der Waals surface area contributed by atoms with Crippen LogP contribution in [0, 0.1) is 0 Å². The molecule has 0 unspecified atom stereocenters. The highest BCUT2D eigenvalue weighted by Crippen LogP contribution is 2.38. The summed E-state index contributed by atoms with van der Waals surface area (Å²) in [4.78, 5) is 2.34. The van der Waals surface area contributed by atoms with Crippen molar-refractivity contribution in [2.24, 2.45) is 0 Å². The summed E-state index contributed by atoms with van der Waals surface area (Å²) >= 11 is 12.2. The molecule has 0 heterocycles. The molecule has 1 aliphatic carbocycles. The van der Waals surface area contributed by atoms with Crippen LogP contribution in [0.1, 0.15) is 22.6 Å². The van der Waals surface area contributed by atoms with Crippen LogP contribution in [-0.2, 0) is 12.8 Å². The maximum Gasteiger partial charge on any atom is 0.0595 e. The number of hydrogen-bond donors (Lipinski definition) is 0. The van der Waals surface area contributed by atoms with E-state index in [4.69, 9.17) is 23.2 Å². The maximum absolute atomic E-state index is 6.16. The molecule has 1 aliphatic rings. The molecule has 0 saturated carbocycles. The van der Waals surface area contributed by atoms with Gasteiger partial charge in [0.15, 0.2) is 0 Å². The molecule has 0 N–H and O–H groups in total. The Morgan fingerprint density at radius 2 is 1.81 bits per heavy atom. The molecular formula is C18H19Cl2N. The van der Waals surface area contributed by atoms with Crippen molar-refractivity contribution in [1.29, 1.82) is 0 Å². The maximum atomic E-state index is 6.16. The summed E-state index contributed by atoms with van der Waals surface area (Å²) in [5.41, 5.74) is 4.20. The number of rotatable bonds is 3. The first-order chi connectivity index (χ1) is 10.1. The highest BCUT2D eigenvalue weighted by Gasteiger charge is 2.33. The van der Waals surface area contributed by atoms with E-state index in [1.807, 2.05) is 12.1 Å². The Kier molecular flexibility index (Phi) is 4.26. The van der Waals surface area contributed by atoms with E-state index < -0.39 is 0 Å². The van der Waals surface area contributed by atoms with Crippen molar-refractivity contribution >= 4 is 23.2 Å². The third-order valence-electron chi connectivity index (χ3n) is 4.45. The second-order valence-electron chi connectivity index (χ2n) is 5.99. The number of likely N-dealkylation sites (N-methyl/N-ethyl adjacent to an activating group) is 1. The molecule has 2 aromatic rings. The summed E-state index contributed by atoms with van der Waals surface area (Å²) in [6.07, 6.45) is 2.12. The van der Waals surface area contributed by atoms with Gasteiger partial charge in [-0.2, -0.15) is 0 Å². The number of nitrogens with zero attached hydrogens (tertiary/aromatic N) is 1. The fourth-order valence-corrected chi connectivity index (χ4v) is 3.69. The third-order valence-corrected chi connectivity index (χ3v) is 5.19. The van der Waals surface area contributed by atoms with Crippen LogP contribution in [0.4, 0.5) is 0 Å². The van der Waals surface area contributed by atoms with E-state index >= 15 is 0 Å². The molecule has 0 aliphatic heterocycles. The Morgan fingerprint density at radius 1 is 1.05 bits per heavy atom. The standard InChI is InChI=1S/C18H19Cl2N/c1-21(2)18-11-13-5-3-4-6-14(13)15(18)9-12-7-8-16(19)17(20)10-12/h3-8,10,15,18H,9,11H2,1-2H3/t15-,18-/m1/s1. The molecular weight excluding hydrogens is 301 g/mol. The van der Waals surface area contributed by atoms with Gasteiger partial charge in [-0.15, -0.1) is 0 Å². The lowest BCUT2D eigenvalue weighted by molar-refractivity contribution is 0.265. The van der Waals surface area contributed by atoms with Crippen LogP contribution in [0.3, 0.4) is 0 Å². The zero-order valence-electron chi connectivity index (χ0n) is 12.3. The third kappa shape index (κ3) is 2.96. The average molecular weight is 320 g/mol. The summed E-state index contributed by atoms with van der Waals surface area (Å²) in [6, 6.07) is 15.3. The number of benzene rings is 2. The van der Waals surface area contributed by atoms with Gasteiger partial charge in [-0.25, -0.2) is 0 Å². The minimum Gasteiger partial charge on any atom is -0.305 e. The molecule has 21 heavy (non-hydrogen) atoms. The Labute approximate surface area is 136 Å². The zero-order valence-corrected chi connectivity index (χ0v) is 13.8. The Morgan fingerprint density at radius 3 is 2.52 bits per heavy atom. The molecule has 2 atom stereocenters. The zero-order chi connectivity index (χ0) is 15.0. The minimum absolute atomic E-state index is 0.508. The van der Waals surface area contributed by atoms with Gasteiger partial charge in [0.1, 0.15) is 0 Å². The first-order valence-corrected chi connectivity index (χ1v) is 8.00. The van der Waals surface area contributed by atoms with E-state index in [0.717, 1.165) is 12.8 Å². The summed E-state index contributed by atoms with van der Waals surface area (Å²) in [5.74, 6) is 0.508. The smallest absolute Gasteiger partial charge is 0.0595 e. The summed E-state index contributed by atoms with van der Waals surface area (Å²) in [6.45, 7) is 0. The topological polar surface area (TPSA) is 3.24 Å². The molecule has 0 bridgehead atoms. The molecule has 3 rings (SSSR count). The summed E-state index contributed by atoms with van der Waals surface area (Å²) < 4.78 is 0. The Hall–Kier alpha value is -1.02. The fraction of sp³-hybridized carbons (Fsp3) is 0.333. The van der Waals surface area contributed by atoms with Crippen molar-refractivity contribution in [2.75, 3.05) is 14.1 Å². The summed E-state index contributed by atoms with van der Waals surface area (Å²) in [7, 11) is 4.33. The summed E-state index contributed by atoms with van der Waals surface area (Å²) in [5, 5.41) is 1.26. The van der Waals surface area contributed by atoms with Crippen LogP contribution < -0.4 is 0 Å². The van der Waals surface area contributed by atoms with Crippen molar-refractivity contribution in [3.63, 3.8) is 0 Å². The minimum atomic E-state index is 0.508. The van der Waals surface area contributed by atoms with Crippen LogP contribution >= 0.6 is 23.2 Å². The van der Waals surface area contributed by atoms with Gasteiger partial charge in [-0.05, 0) is 55.8 Å². The number of halogens is 2. The second-order valence-corrected chi connectivity index (χ2v) is 6.81. The van der Waals surface area contributed by atoms with Crippen molar-refractivity contribution in [3.8, 4) is 0 Å². The molecule has 110 valence electrons. The van der Waals surface area contributed by atoms with E-state index in [1.165, 1.54) is 16.7 Å². The lowest BCUT2D eigenvalue weighted by atomic mass is 9.90. The number of fused-ring (bicyclic) bond motifs is 1. The molecule has 2 aromatic carbocycles. The molecule has 0 aromatic heterocycles. The lowest BCUT2D eigenvalue weighted by Gasteiger charge is -2.27. The van der Waals surface area contributed by atoms with E-state index in [0.29, 0.717) is 22.0 Å².